The molecule has 2 amide bonds. The lowest BCUT2D eigenvalue weighted by Crippen LogP contribution is -2.58. The van der Waals surface area contributed by atoms with Gasteiger partial charge in [0.1, 0.15) is 17.3 Å². The fourth-order valence-electron chi connectivity index (χ4n) is 6.41. The molecule has 0 bridgehead atoms. The van der Waals surface area contributed by atoms with Crippen molar-refractivity contribution in [2.24, 2.45) is 29.1 Å². The first-order chi connectivity index (χ1) is 17.1. The molecule has 4 rings (SSSR count). The number of aliphatic hydroxyl groups excluding tert-OH is 1. The Morgan fingerprint density at radius 3 is 2.53 bits per heavy atom. The van der Waals surface area contributed by atoms with Crippen LogP contribution in [0.3, 0.4) is 0 Å². The number of benzene rings is 1. The van der Waals surface area contributed by atoms with Crippen molar-refractivity contribution in [2.45, 2.75) is 65.1 Å². The van der Waals surface area contributed by atoms with Crippen LogP contribution in [0.15, 0.2) is 36.8 Å². The number of aromatic nitrogens is 2. The highest BCUT2D eigenvalue weighted by atomic mass is 19.1. The minimum atomic E-state index is -0.720. The van der Waals surface area contributed by atoms with Gasteiger partial charge in [-0.3, -0.25) is 14.6 Å². The summed E-state index contributed by atoms with van der Waals surface area (Å²) < 4.78 is 26.9. The summed E-state index contributed by atoms with van der Waals surface area (Å²) in [4.78, 5) is 33.7. The smallest absolute Gasteiger partial charge is 0.271 e. The quantitative estimate of drug-likeness (QED) is 0.562. The van der Waals surface area contributed by atoms with Crippen molar-refractivity contribution in [1.82, 2.24) is 20.6 Å². The third kappa shape index (κ3) is 5.40. The minimum Gasteiger partial charge on any atom is -0.392 e. The van der Waals surface area contributed by atoms with Gasteiger partial charge in [-0.1, -0.05) is 20.8 Å². The van der Waals surface area contributed by atoms with Gasteiger partial charge < -0.3 is 15.7 Å². The predicted octanol–water partition coefficient (Wildman–Crippen LogP) is 3.63. The van der Waals surface area contributed by atoms with Crippen molar-refractivity contribution in [3.63, 3.8) is 0 Å². The number of fused-ring (bicyclic) bond motifs is 1. The maximum absolute atomic E-state index is 13.5. The highest BCUT2D eigenvalue weighted by Crippen LogP contribution is 2.55. The highest BCUT2D eigenvalue weighted by molar-refractivity contribution is 5.92. The van der Waals surface area contributed by atoms with E-state index >= 15 is 0 Å². The number of hydrogen-bond acceptors (Lipinski definition) is 5. The number of rotatable bonds is 6. The number of hydrogen-bond donors (Lipinski definition) is 3. The summed E-state index contributed by atoms with van der Waals surface area (Å²) in [6.07, 6.45) is 6.95. The second kappa shape index (κ2) is 10.6. The molecule has 2 saturated carbocycles. The molecule has 194 valence electrons. The van der Waals surface area contributed by atoms with E-state index < -0.39 is 23.7 Å². The minimum absolute atomic E-state index is 0.00676. The monoisotopic (exact) mass is 500 g/mol. The summed E-state index contributed by atoms with van der Waals surface area (Å²) in [6.45, 7) is 6.05. The summed E-state index contributed by atoms with van der Waals surface area (Å²) in [7, 11) is 0. The molecular weight excluding hydrogens is 466 g/mol. The third-order valence-corrected chi connectivity index (χ3v) is 8.44. The lowest BCUT2D eigenvalue weighted by atomic mass is 9.51. The number of amides is 2. The Bertz CT molecular complexity index is 1080. The van der Waals surface area contributed by atoms with Crippen LogP contribution in [-0.4, -0.2) is 39.0 Å². The summed E-state index contributed by atoms with van der Waals surface area (Å²) in [5.41, 5.74) is 0.509. The number of nitrogens with one attached hydrogen (secondary N) is 2. The Labute approximate surface area is 210 Å². The average Bonchev–Trinajstić information content (AvgIpc) is 2.84. The van der Waals surface area contributed by atoms with Crippen molar-refractivity contribution in [3.05, 3.63) is 59.7 Å². The molecule has 1 unspecified atom stereocenters. The Hall–Kier alpha value is -2.94. The number of nitrogens with zero attached hydrogens (tertiary/aromatic N) is 2. The van der Waals surface area contributed by atoms with Gasteiger partial charge in [-0.25, -0.2) is 13.8 Å². The topological polar surface area (TPSA) is 104 Å². The Balaban J connectivity index is 1.42. The van der Waals surface area contributed by atoms with Crippen LogP contribution in [0.4, 0.5) is 8.78 Å². The molecule has 1 aromatic carbocycles. The fourth-order valence-corrected chi connectivity index (χ4v) is 6.41. The number of aliphatic hydroxyl groups is 1. The Morgan fingerprint density at radius 1 is 1.17 bits per heavy atom. The molecular formula is C27H34F2N4O3. The molecule has 7 nitrogen and oxygen atoms in total. The van der Waals surface area contributed by atoms with Crippen LogP contribution in [0, 0.1) is 40.7 Å². The molecule has 0 aliphatic heterocycles. The average molecular weight is 501 g/mol. The van der Waals surface area contributed by atoms with E-state index in [1.165, 1.54) is 30.7 Å². The maximum atomic E-state index is 13.5. The third-order valence-electron chi connectivity index (χ3n) is 8.44. The van der Waals surface area contributed by atoms with Crippen molar-refractivity contribution in [3.8, 4) is 0 Å². The summed E-state index contributed by atoms with van der Waals surface area (Å²) in [5.74, 6) is -2.77. The van der Waals surface area contributed by atoms with Gasteiger partial charge in [-0.15, -0.1) is 0 Å². The molecule has 36 heavy (non-hydrogen) atoms. The van der Waals surface area contributed by atoms with E-state index in [2.05, 4.69) is 34.4 Å². The number of carbonyl (C=O) groups excluding carboxylic acids is 2. The van der Waals surface area contributed by atoms with Gasteiger partial charge in [0, 0.05) is 37.0 Å². The standard InChI is InChI=1S/C27H34F2N4O3/c1-15(25(35)32-13-17-10-18(28)12-19(29)11-17)20-4-6-27(3)7-5-21(16(2)23(27)24(20)34)33-26(36)22-14-30-8-9-31-22/h8-12,14-16,20-21,23-24,34H,4-7,13H2,1-3H3,(H,32,35)(H,33,36)/t15-,16+,20?,21-,23+,24-,27-/m0/s1. The SMILES string of the molecule is C[C@H]1[C@@H]2[C@@H](O)C([C@H](C)C(=O)NCc3cc(F)cc(F)c3)CC[C@@]2(C)CC[C@@H]1NC(=O)c1cnccn1. The molecule has 2 aromatic rings. The van der Waals surface area contributed by atoms with E-state index in [0.29, 0.717) is 12.0 Å². The molecule has 9 heteroatoms. The van der Waals surface area contributed by atoms with Crippen LogP contribution in [-0.2, 0) is 11.3 Å². The summed E-state index contributed by atoms with van der Waals surface area (Å²) in [6, 6.07) is 3.04. The van der Waals surface area contributed by atoms with Crippen LogP contribution in [0.5, 0.6) is 0 Å². The summed E-state index contributed by atoms with van der Waals surface area (Å²) >= 11 is 0. The fraction of sp³-hybridized carbons (Fsp3) is 0.556. The van der Waals surface area contributed by atoms with Gasteiger partial charge in [0.25, 0.3) is 5.91 Å². The molecule has 3 N–H and O–H groups in total. The van der Waals surface area contributed by atoms with Crippen molar-refractivity contribution in [1.29, 1.82) is 0 Å². The van der Waals surface area contributed by atoms with Gasteiger partial charge in [-0.05, 0) is 66.5 Å². The van der Waals surface area contributed by atoms with Crippen LogP contribution < -0.4 is 10.6 Å². The first-order valence-corrected chi connectivity index (χ1v) is 12.6. The predicted molar refractivity (Wildman–Crippen MR) is 129 cm³/mol. The zero-order valence-electron chi connectivity index (χ0n) is 20.9. The van der Waals surface area contributed by atoms with Gasteiger partial charge in [-0.2, -0.15) is 0 Å². The normalized spacial score (nSPS) is 30.7. The first-order valence-electron chi connectivity index (χ1n) is 12.6. The van der Waals surface area contributed by atoms with Gasteiger partial charge >= 0.3 is 0 Å². The highest BCUT2D eigenvalue weighted by Gasteiger charge is 2.53. The molecule has 7 atom stereocenters. The first kappa shape index (κ1) is 26.1. The van der Waals surface area contributed by atoms with Gasteiger partial charge in [0.2, 0.25) is 5.91 Å². The maximum Gasteiger partial charge on any atom is 0.271 e. The second-order valence-corrected chi connectivity index (χ2v) is 10.7. The molecule has 2 aliphatic rings. The van der Waals surface area contributed by atoms with Crippen LogP contribution in [0.25, 0.3) is 0 Å². The van der Waals surface area contributed by atoms with Crippen LogP contribution in [0.2, 0.25) is 0 Å². The van der Waals surface area contributed by atoms with Crippen molar-refractivity contribution >= 4 is 11.8 Å². The molecule has 1 aromatic heterocycles. The van der Waals surface area contributed by atoms with Gasteiger partial charge in [0.05, 0.1) is 12.3 Å². The van der Waals surface area contributed by atoms with E-state index in [1.54, 1.807) is 6.92 Å². The molecule has 1 heterocycles. The largest absolute Gasteiger partial charge is 0.392 e. The van der Waals surface area contributed by atoms with E-state index in [4.69, 9.17) is 0 Å². The second-order valence-electron chi connectivity index (χ2n) is 10.7. The lowest BCUT2D eigenvalue weighted by Gasteiger charge is -2.56. The van der Waals surface area contributed by atoms with E-state index in [-0.39, 0.29) is 53.3 Å². The van der Waals surface area contributed by atoms with E-state index in [1.807, 2.05) is 0 Å². The van der Waals surface area contributed by atoms with E-state index in [0.717, 1.165) is 25.3 Å². The zero-order valence-corrected chi connectivity index (χ0v) is 20.9. The molecule has 0 radical (unpaired) electrons. The van der Waals surface area contributed by atoms with Crippen LogP contribution >= 0.6 is 0 Å². The van der Waals surface area contributed by atoms with E-state index in [9.17, 15) is 23.5 Å². The van der Waals surface area contributed by atoms with Gasteiger partial charge in [0.15, 0.2) is 0 Å². The van der Waals surface area contributed by atoms with Crippen molar-refractivity contribution in [2.75, 3.05) is 0 Å². The molecule has 2 aliphatic carbocycles. The molecule has 2 fully saturated rings. The Morgan fingerprint density at radius 2 is 1.86 bits per heavy atom. The molecule has 0 spiro atoms. The number of halogens is 2. The van der Waals surface area contributed by atoms with Crippen LogP contribution in [0.1, 0.15) is 62.5 Å². The lowest BCUT2D eigenvalue weighted by molar-refractivity contribution is -0.142. The summed E-state index contributed by atoms with van der Waals surface area (Å²) in [5, 5.41) is 17.4. The molecule has 0 saturated heterocycles. The zero-order chi connectivity index (χ0) is 26.0. The number of carbonyl (C=O) groups is 2. The van der Waals surface area contributed by atoms with Crippen molar-refractivity contribution < 1.29 is 23.5 Å². The Kier molecular flexibility index (Phi) is 7.68.